The molecule has 0 saturated heterocycles. The van der Waals surface area contributed by atoms with Crippen LogP contribution in [0, 0.1) is 11.7 Å². The van der Waals surface area contributed by atoms with E-state index in [1.807, 2.05) is 37.3 Å². The molecule has 3 rings (SSSR count). The van der Waals surface area contributed by atoms with Crippen molar-refractivity contribution in [1.82, 2.24) is 14.9 Å². The average molecular weight is 352 g/mol. The van der Waals surface area contributed by atoms with Crippen molar-refractivity contribution in [1.29, 1.82) is 0 Å². The Hall–Kier alpha value is -2.73. The number of ether oxygens (including phenoxy) is 1. The Morgan fingerprint density at radius 3 is 2.88 bits per heavy atom. The predicted molar refractivity (Wildman–Crippen MR) is 102 cm³/mol. The third-order valence-electron chi connectivity index (χ3n) is 3.74. The molecule has 0 aliphatic carbocycles. The van der Waals surface area contributed by atoms with Gasteiger partial charge in [0.25, 0.3) is 0 Å². The number of nitrogens with one attached hydrogen (secondary N) is 1. The topological polar surface area (TPSA) is 55.2 Å². The van der Waals surface area contributed by atoms with Crippen LogP contribution in [-0.2, 0) is 13.0 Å². The highest BCUT2D eigenvalue weighted by atomic mass is 32.1. The number of rotatable bonds is 6. The van der Waals surface area contributed by atoms with Gasteiger partial charge in [0.2, 0.25) is 4.77 Å². The molecule has 0 amide bonds. The van der Waals surface area contributed by atoms with Crippen LogP contribution in [-0.4, -0.2) is 21.1 Å². The van der Waals surface area contributed by atoms with E-state index in [4.69, 9.17) is 17.0 Å². The van der Waals surface area contributed by atoms with E-state index in [-0.39, 0.29) is 0 Å². The highest BCUT2D eigenvalue weighted by Crippen LogP contribution is 2.18. The summed E-state index contributed by atoms with van der Waals surface area (Å²) in [4.78, 5) is 0. The smallest absolute Gasteiger partial charge is 0.216 e. The van der Waals surface area contributed by atoms with Gasteiger partial charge in [-0.3, -0.25) is 5.10 Å². The molecule has 0 aliphatic rings. The lowest BCUT2D eigenvalue weighted by molar-refractivity contribution is 0.305. The molecule has 0 radical (unpaired) electrons. The van der Waals surface area contributed by atoms with Crippen LogP contribution < -0.4 is 4.74 Å². The monoisotopic (exact) mass is 352 g/mol. The minimum atomic E-state index is 0.478. The summed E-state index contributed by atoms with van der Waals surface area (Å²) in [6.07, 6.45) is 2.49. The van der Waals surface area contributed by atoms with Crippen LogP contribution in [0.1, 0.15) is 29.4 Å². The zero-order valence-electron chi connectivity index (χ0n) is 14.3. The maximum atomic E-state index is 5.98. The van der Waals surface area contributed by atoms with Gasteiger partial charge in [0.05, 0.1) is 6.21 Å². The number of aryl methyl sites for hydroxylation is 2. The third kappa shape index (κ3) is 4.22. The largest absolute Gasteiger partial charge is 0.488 e. The maximum absolute atomic E-state index is 5.98. The molecule has 1 aromatic heterocycles. The summed E-state index contributed by atoms with van der Waals surface area (Å²) in [5, 5.41) is 11.4. The molecule has 0 bridgehead atoms. The Balaban J connectivity index is 1.80. The molecule has 0 saturated carbocycles. The SMILES string of the molecule is CCc1n[nH]c(=S)n1/N=C/c1ccccc1OCc1cccc(C)c1. The minimum absolute atomic E-state index is 0.478. The average Bonchev–Trinajstić information content (AvgIpc) is 2.99. The van der Waals surface area contributed by atoms with E-state index in [0.717, 1.165) is 29.1 Å². The van der Waals surface area contributed by atoms with Gasteiger partial charge >= 0.3 is 0 Å². The van der Waals surface area contributed by atoms with Gasteiger partial charge in [-0.1, -0.05) is 48.9 Å². The molecule has 1 N–H and O–H groups in total. The van der Waals surface area contributed by atoms with Gasteiger partial charge in [-0.15, -0.1) is 0 Å². The molecule has 1 heterocycles. The zero-order chi connectivity index (χ0) is 17.6. The fourth-order valence-corrected chi connectivity index (χ4v) is 2.67. The molecular weight excluding hydrogens is 332 g/mol. The number of para-hydroxylation sites is 1. The standard InChI is InChI=1S/C19H20N4OS/c1-3-18-21-22-19(25)23(18)20-12-16-9-4-5-10-17(16)24-13-15-8-6-7-14(2)11-15/h4-12H,3,13H2,1-2H3,(H,22,25)/b20-12+. The van der Waals surface area contributed by atoms with Gasteiger partial charge in [-0.2, -0.15) is 14.9 Å². The van der Waals surface area contributed by atoms with E-state index in [9.17, 15) is 0 Å². The van der Waals surface area contributed by atoms with Crippen LogP contribution in [0.2, 0.25) is 0 Å². The number of aromatic amines is 1. The summed E-state index contributed by atoms with van der Waals surface area (Å²) in [6, 6.07) is 16.1. The summed E-state index contributed by atoms with van der Waals surface area (Å²) < 4.78 is 8.09. The Morgan fingerprint density at radius 1 is 1.24 bits per heavy atom. The maximum Gasteiger partial charge on any atom is 0.216 e. The van der Waals surface area contributed by atoms with Gasteiger partial charge in [0, 0.05) is 12.0 Å². The normalized spacial score (nSPS) is 11.1. The second kappa shape index (κ2) is 7.90. The number of H-pyrrole nitrogens is 1. The predicted octanol–water partition coefficient (Wildman–Crippen LogP) is 4.27. The zero-order valence-corrected chi connectivity index (χ0v) is 15.1. The Kier molecular flexibility index (Phi) is 5.40. The second-order valence-electron chi connectivity index (χ2n) is 5.67. The van der Waals surface area contributed by atoms with Crippen molar-refractivity contribution < 1.29 is 4.74 Å². The fraction of sp³-hybridized carbons (Fsp3) is 0.211. The van der Waals surface area contributed by atoms with Crippen molar-refractivity contribution >= 4 is 18.4 Å². The number of aromatic nitrogens is 3. The van der Waals surface area contributed by atoms with E-state index in [0.29, 0.717) is 11.4 Å². The van der Waals surface area contributed by atoms with Crippen molar-refractivity contribution in [2.24, 2.45) is 5.10 Å². The molecular formula is C19H20N4OS. The van der Waals surface area contributed by atoms with Gasteiger partial charge < -0.3 is 4.74 Å². The quantitative estimate of drug-likeness (QED) is 0.532. The number of nitrogens with zero attached hydrogens (tertiary/aromatic N) is 3. The number of benzene rings is 2. The van der Waals surface area contributed by atoms with Gasteiger partial charge in [0.15, 0.2) is 5.82 Å². The van der Waals surface area contributed by atoms with E-state index >= 15 is 0 Å². The molecule has 0 spiro atoms. The first-order valence-electron chi connectivity index (χ1n) is 8.15. The van der Waals surface area contributed by atoms with E-state index in [2.05, 4.69) is 40.4 Å². The second-order valence-corrected chi connectivity index (χ2v) is 6.06. The van der Waals surface area contributed by atoms with Crippen molar-refractivity contribution in [3.8, 4) is 5.75 Å². The van der Waals surface area contributed by atoms with Gasteiger partial charge in [0.1, 0.15) is 12.4 Å². The molecule has 128 valence electrons. The first-order valence-corrected chi connectivity index (χ1v) is 8.56. The summed E-state index contributed by atoms with van der Waals surface area (Å²) in [5.74, 6) is 1.57. The molecule has 25 heavy (non-hydrogen) atoms. The lowest BCUT2D eigenvalue weighted by Crippen LogP contribution is -2.00. The molecule has 5 nitrogen and oxygen atoms in total. The molecule has 2 aromatic carbocycles. The Morgan fingerprint density at radius 2 is 2.08 bits per heavy atom. The van der Waals surface area contributed by atoms with Crippen molar-refractivity contribution in [2.45, 2.75) is 26.9 Å². The van der Waals surface area contributed by atoms with Crippen LogP contribution in [0.4, 0.5) is 0 Å². The van der Waals surface area contributed by atoms with Crippen molar-refractivity contribution in [3.05, 3.63) is 75.8 Å². The lowest BCUT2D eigenvalue weighted by Gasteiger charge is -2.09. The highest BCUT2D eigenvalue weighted by molar-refractivity contribution is 7.71. The Bertz CT molecular complexity index is 942. The van der Waals surface area contributed by atoms with Crippen LogP contribution in [0.3, 0.4) is 0 Å². The molecule has 0 unspecified atom stereocenters. The summed E-state index contributed by atoms with van der Waals surface area (Å²) >= 11 is 5.21. The van der Waals surface area contributed by atoms with Gasteiger partial charge in [-0.25, -0.2) is 0 Å². The highest BCUT2D eigenvalue weighted by Gasteiger charge is 2.04. The molecule has 0 atom stereocenters. The third-order valence-corrected chi connectivity index (χ3v) is 4.01. The van der Waals surface area contributed by atoms with Crippen LogP contribution in [0.25, 0.3) is 0 Å². The van der Waals surface area contributed by atoms with Crippen LogP contribution >= 0.6 is 12.2 Å². The van der Waals surface area contributed by atoms with Crippen LogP contribution in [0.5, 0.6) is 5.75 Å². The fourth-order valence-electron chi connectivity index (χ4n) is 2.47. The minimum Gasteiger partial charge on any atom is -0.488 e. The molecule has 3 aromatic rings. The van der Waals surface area contributed by atoms with Crippen molar-refractivity contribution in [2.75, 3.05) is 0 Å². The molecule has 0 fully saturated rings. The van der Waals surface area contributed by atoms with E-state index in [1.165, 1.54) is 5.56 Å². The number of hydrogen-bond acceptors (Lipinski definition) is 4. The Labute approximate surface area is 152 Å². The van der Waals surface area contributed by atoms with Crippen LogP contribution in [0.15, 0.2) is 53.6 Å². The van der Waals surface area contributed by atoms with E-state index in [1.54, 1.807) is 10.9 Å². The first-order chi connectivity index (χ1) is 12.2. The first kappa shape index (κ1) is 17.1. The van der Waals surface area contributed by atoms with Crippen molar-refractivity contribution in [3.63, 3.8) is 0 Å². The summed E-state index contributed by atoms with van der Waals surface area (Å²) in [6.45, 7) is 4.59. The summed E-state index contributed by atoms with van der Waals surface area (Å²) in [7, 11) is 0. The molecule has 6 heteroatoms. The lowest BCUT2D eigenvalue weighted by atomic mass is 10.1. The van der Waals surface area contributed by atoms with Gasteiger partial charge in [-0.05, 0) is 36.8 Å². The number of hydrogen-bond donors (Lipinski definition) is 1. The van der Waals surface area contributed by atoms with E-state index < -0.39 is 0 Å². The summed E-state index contributed by atoms with van der Waals surface area (Å²) in [5.41, 5.74) is 3.25. The molecule has 0 aliphatic heterocycles.